The molecular weight excluding hydrogens is 328 g/mol. The number of carbonyl (C=O) groups is 2. The number of hydrogen-bond donors (Lipinski definition) is 3. The summed E-state index contributed by atoms with van der Waals surface area (Å²) < 4.78 is 0. The van der Waals surface area contributed by atoms with E-state index in [1.807, 2.05) is 6.92 Å². The van der Waals surface area contributed by atoms with Crippen LogP contribution in [0.4, 0.5) is 5.69 Å². The van der Waals surface area contributed by atoms with Gasteiger partial charge in [0.05, 0.1) is 0 Å². The van der Waals surface area contributed by atoms with Crippen molar-refractivity contribution in [2.24, 2.45) is 5.92 Å². The van der Waals surface area contributed by atoms with Gasteiger partial charge in [0, 0.05) is 22.8 Å². The van der Waals surface area contributed by atoms with Gasteiger partial charge in [0.1, 0.15) is 11.6 Å². The highest BCUT2D eigenvalue weighted by molar-refractivity contribution is 6.31. The smallest absolute Gasteiger partial charge is 0.267 e. The van der Waals surface area contributed by atoms with Gasteiger partial charge in [-0.25, -0.2) is 0 Å². The number of piperidine rings is 1. The van der Waals surface area contributed by atoms with Crippen molar-refractivity contribution in [1.29, 1.82) is 5.26 Å². The van der Waals surface area contributed by atoms with Gasteiger partial charge in [0.25, 0.3) is 5.91 Å². The quantitative estimate of drug-likeness (QED) is 0.575. The molecule has 1 aliphatic heterocycles. The molecule has 1 heterocycles. The van der Waals surface area contributed by atoms with Crippen molar-refractivity contribution in [1.82, 2.24) is 10.6 Å². The van der Waals surface area contributed by atoms with Crippen LogP contribution in [0.2, 0.25) is 5.02 Å². The molecule has 0 saturated carbocycles. The van der Waals surface area contributed by atoms with Gasteiger partial charge >= 0.3 is 0 Å². The number of halogens is 1. The highest BCUT2D eigenvalue weighted by Gasteiger charge is 2.20. The summed E-state index contributed by atoms with van der Waals surface area (Å²) >= 11 is 6.01. The largest absolute Gasteiger partial charge is 0.331 e. The summed E-state index contributed by atoms with van der Waals surface area (Å²) in [5.41, 5.74) is 1.20. The number of nitrogens with one attached hydrogen (secondary N) is 3. The molecule has 0 aromatic heterocycles. The van der Waals surface area contributed by atoms with Crippen LogP contribution in [-0.2, 0) is 9.59 Å². The number of hydrogen-bond acceptors (Lipinski definition) is 4. The van der Waals surface area contributed by atoms with Crippen LogP contribution in [0.15, 0.2) is 30.0 Å². The Morgan fingerprint density at radius 2 is 2.08 bits per heavy atom. The number of amides is 2. The van der Waals surface area contributed by atoms with Crippen molar-refractivity contribution in [3.8, 4) is 6.07 Å². The summed E-state index contributed by atoms with van der Waals surface area (Å²) in [6, 6.07) is 6.87. The van der Waals surface area contributed by atoms with Gasteiger partial charge in [-0.1, -0.05) is 17.7 Å². The van der Waals surface area contributed by atoms with Crippen LogP contribution in [0.25, 0.3) is 0 Å². The van der Waals surface area contributed by atoms with Crippen molar-refractivity contribution >= 4 is 29.1 Å². The molecule has 1 aromatic rings. The number of anilines is 1. The first-order valence-corrected chi connectivity index (χ1v) is 8.08. The molecule has 1 aliphatic rings. The lowest BCUT2D eigenvalue weighted by Gasteiger charge is -2.20. The van der Waals surface area contributed by atoms with E-state index in [2.05, 4.69) is 16.0 Å². The van der Waals surface area contributed by atoms with Crippen LogP contribution < -0.4 is 16.0 Å². The standard InChI is InChI=1S/C17H19ClN4O2/c1-11-2-3-14(8-15(11)18)22-17(24)13(9-19)10-21-16(23)12-4-6-20-7-5-12/h2-3,8,10,12,20H,4-7H2,1H3,(H,21,23)(H,22,24)/b13-10-. The Bertz CT molecular complexity index is 703. The van der Waals surface area contributed by atoms with Gasteiger partial charge < -0.3 is 16.0 Å². The number of benzene rings is 1. The van der Waals surface area contributed by atoms with E-state index in [9.17, 15) is 9.59 Å². The van der Waals surface area contributed by atoms with Crippen LogP contribution in [0.5, 0.6) is 0 Å². The fraction of sp³-hybridized carbons (Fsp3) is 0.353. The number of carbonyl (C=O) groups excluding carboxylic acids is 2. The number of rotatable bonds is 4. The predicted molar refractivity (Wildman–Crippen MR) is 92.3 cm³/mol. The lowest BCUT2D eigenvalue weighted by atomic mass is 9.97. The number of nitriles is 1. The fourth-order valence-corrected chi connectivity index (χ4v) is 2.54. The van der Waals surface area contributed by atoms with Gasteiger partial charge in [-0.05, 0) is 50.6 Å². The van der Waals surface area contributed by atoms with E-state index >= 15 is 0 Å². The van der Waals surface area contributed by atoms with Gasteiger partial charge in [0.15, 0.2) is 0 Å². The Morgan fingerprint density at radius 3 is 2.71 bits per heavy atom. The zero-order valence-corrected chi connectivity index (χ0v) is 14.1. The molecule has 7 heteroatoms. The van der Waals surface area contributed by atoms with Crippen molar-refractivity contribution < 1.29 is 9.59 Å². The first-order valence-electron chi connectivity index (χ1n) is 7.70. The Balaban J connectivity index is 1.98. The van der Waals surface area contributed by atoms with E-state index in [1.54, 1.807) is 24.3 Å². The molecule has 3 N–H and O–H groups in total. The zero-order chi connectivity index (χ0) is 17.5. The molecule has 0 atom stereocenters. The van der Waals surface area contributed by atoms with Crippen LogP contribution in [0, 0.1) is 24.2 Å². The summed E-state index contributed by atoms with van der Waals surface area (Å²) in [5, 5.41) is 18.0. The van der Waals surface area contributed by atoms with E-state index in [4.69, 9.17) is 16.9 Å². The fourth-order valence-electron chi connectivity index (χ4n) is 2.36. The normalized spacial score (nSPS) is 15.5. The maximum Gasteiger partial charge on any atom is 0.267 e. The Hall–Kier alpha value is -2.36. The Morgan fingerprint density at radius 1 is 1.38 bits per heavy atom. The second-order valence-corrected chi connectivity index (χ2v) is 6.03. The molecule has 0 radical (unpaired) electrons. The van der Waals surface area contributed by atoms with E-state index in [-0.39, 0.29) is 17.4 Å². The third kappa shape index (κ3) is 4.82. The van der Waals surface area contributed by atoms with Crippen LogP contribution >= 0.6 is 11.6 Å². The van der Waals surface area contributed by atoms with E-state index in [0.717, 1.165) is 37.7 Å². The van der Waals surface area contributed by atoms with Crippen molar-refractivity contribution in [2.45, 2.75) is 19.8 Å². The third-order valence-corrected chi connectivity index (χ3v) is 4.27. The Kier molecular flexibility index (Phi) is 6.36. The molecule has 0 unspecified atom stereocenters. The summed E-state index contributed by atoms with van der Waals surface area (Å²) in [6.45, 7) is 3.44. The summed E-state index contributed by atoms with van der Waals surface area (Å²) in [7, 11) is 0. The Labute approximate surface area is 145 Å². The summed E-state index contributed by atoms with van der Waals surface area (Å²) in [4.78, 5) is 24.2. The molecule has 6 nitrogen and oxygen atoms in total. The molecule has 0 aliphatic carbocycles. The minimum Gasteiger partial charge on any atom is -0.331 e. The minimum atomic E-state index is -0.594. The molecule has 0 spiro atoms. The topological polar surface area (TPSA) is 94.0 Å². The summed E-state index contributed by atoms with van der Waals surface area (Å²) in [6.07, 6.45) is 2.65. The van der Waals surface area contributed by atoms with E-state index < -0.39 is 5.91 Å². The lowest BCUT2D eigenvalue weighted by molar-refractivity contribution is -0.124. The number of aryl methyl sites for hydroxylation is 1. The second kappa shape index (κ2) is 8.48. The van der Waals surface area contributed by atoms with Gasteiger partial charge in [-0.3, -0.25) is 9.59 Å². The van der Waals surface area contributed by atoms with Crippen LogP contribution in [0.1, 0.15) is 18.4 Å². The maximum atomic E-state index is 12.1. The number of nitrogens with zero attached hydrogens (tertiary/aromatic N) is 1. The average molecular weight is 347 g/mol. The molecule has 1 aromatic carbocycles. The first kappa shape index (κ1) is 18.0. The van der Waals surface area contributed by atoms with Gasteiger partial charge in [0.2, 0.25) is 5.91 Å². The minimum absolute atomic E-state index is 0.0959. The van der Waals surface area contributed by atoms with E-state index in [0.29, 0.717) is 10.7 Å². The molecule has 0 bridgehead atoms. The molecule has 2 amide bonds. The van der Waals surface area contributed by atoms with Gasteiger partial charge in [-0.15, -0.1) is 0 Å². The molecule has 1 fully saturated rings. The van der Waals surface area contributed by atoms with E-state index in [1.165, 1.54) is 0 Å². The third-order valence-electron chi connectivity index (χ3n) is 3.86. The predicted octanol–water partition coefficient (Wildman–Crippen LogP) is 2.11. The summed E-state index contributed by atoms with van der Waals surface area (Å²) in [5.74, 6) is -0.861. The maximum absolute atomic E-state index is 12.1. The van der Waals surface area contributed by atoms with Crippen molar-refractivity contribution in [2.75, 3.05) is 18.4 Å². The van der Waals surface area contributed by atoms with Gasteiger partial charge in [-0.2, -0.15) is 5.26 Å². The highest BCUT2D eigenvalue weighted by atomic mass is 35.5. The van der Waals surface area contributed by atoms with Crippen molar-refractivity contribution in [3.63, 3.8) is 0 Å². The zero-order valence-electron chi connectivity index (χ0n) is 13.4. The average Bonchev–Trinajstić information content (AvgIpc) is 2.59. The highest BCUT2D eigenvalue weighted by Crippen LogP contribution is 2.20. The molecular formula is C17H19ClN4O2. The van der Waals surface area contributed by atoms with Crippen LogP contribution in [-0.4, -0.2) is 24.9 Å². The molecule has 24 heavy (non-hydrogen) atoms. The molecule has 2 rings (SSSR count). The second-order valence-electron chi connectivity index (χ2n) is 5.62. The van der Waals surface area contributed by atoms with Crippen molar-refractivity contribution in [3.05, 3.63) is 40.6 Å². The SMILES string of the molecule is Cc1ccc(NC(=O)/C(C#N)=C\NC(=O)C2CCNCC2)cc1Cl. The molecule has 1 saturated heterocycles. The first-order chi connectivity index (χ1) is 11.5. The monoisotopic (exact) mass is 346 g/mol. The lowest BCUT2D eigenvalue weighted by Crippen LogP contribution is -2.36. The van der Waals surface area contributed by atoms with Crippen LogP contribution in [0.3, 0.4) is 0 Å². The molecule has 126 valence electrons.